The highest BCUT2D eigenvalue weighted by Gasteiger charge is 2.17. The van der Waals surface area contributed by atoms with E-state index in [1.54, 1.807) is 0 Å². The summed E-state index contributed by atoms with van der Waals surface area (Å²) in [5.41, 5.74) is 13.9. The van der Waals surface area contributed by atoms with Gasteiger partial charge in [0.25, 0.3) is 0 Å². The highest BCUT2D eigenvalue weighted by Crippen LogP contribution is 2.40. The molecule has 0 atom stereocenters. The van der Waals surface area contributed by atoms with Crippen molar-refractivity contribution in [3.05, 3.63) is 206 Å². The molecule has 0 radical (unpaired) electrons. The number of anilines is 3. The number of benzene rings is 8. The molecule has 0 aliphatic rings. The molecule has 0 saturated carbocycles. The van der Waals surface area contributed by atoms with Crippen LogP contribution in [0.1, 0.15) is 0 Å². The second-order valence-electron chi connectivity index (χ2n) is 14.5. The predicted octanol–water partition coefficient (Wildman–Crippen LogP) is 14.2. The van der Waals surface area contributed by atoms with Gasteiger partial charge in [-0.2, -0.15) is 0 Å². The van der Waals surface area contributed by atoms with Gasteiger partial charge in [-0.3, -0.25) is 4.98 Å². The van der Waals surface area contributed by atoms with E-state index in [-0.39, 0.29) is 0 Å². The number of rotatable bonds is 7. The largest absolute Gasteiger partial charge is 0.436 e. The highest BCUT2D eigenvalue weighted by atomic mass is 16.3. The number of para-hydroxylation sites is 2. The Balaban J connectivity index is 1.00. The molecule has 0 saturated heterocycles. The second-order valence-corrected chi connectivity index (χ2v) is 14.5. The van der Waals surface area contributed by atoms with Gasteiger partial charge in [0.2, 0.25) is 5.89 Å². The molecule has 0 amide bonds. The summed E-state index contributed by atoms with van der Waals surface area (Å²) in [6.07, 6.45) is 1.83. The standard InChI is InChI=1S/C53H34N4O/c1-3-10-35(11-4-1)39-23-29-45-40(32-39)17-18-41-33-44(28-30-46(41)45)57(43-26-21-38(22-27-43)53-56-48-14-7-8-16-51(48)58-53)42-24-19-37(20-25-42)50-34-47(36-12-5-2-6-13-36)52-49(55-50)15-9-31-54-52/h1-34H. The number of oxazole rings is 1. The number of hydrogen-bond donors (Lipinski definition) is 0. The van der Waals surface area contributed by atoms with Gasteiger partial charge in [0.1, 0.15) is 5.52 Å². The number of aromatic nitrogens is 3. The van der Waals surface area contributed by atoms with Gasteiger partial charge in [0, 0.05) is 39.9 Å². The Kier molecular flexibility index (Phi) is 8.07. The molecule has 0 aliphatic carbocycles. The second kappa shape index (κ2) is 14.0. The number of pyridine rings is 2. The minimum Gasteiger partial charge on any atom is -0.436 e. The predicted molar refractivity (Wildman–Crippen MR) is 239 cm³/mol. The maximum atomic E-state index is 6.12. The summed E-state index contributed by atoms with van der Waals surface area (Å²) >= 11 is 0. The van der Waals surface area contributed by atoms with Crippen LogP contribution in [0.2, 0.25) is 0 Å². The monoisotopic (exact) mass is 742 g/mol. The molecule has 0 bridgehead atoms. The minimum absolute atomic E-state index is 0.601. The Hall–Kier alpha value is -7.89. The lowest BCUT2D eigenvalue weighted by atomic mass is 9.97. The van der Waals surface area contributed by atoms with Crippen molar-refractivity contribution in [1.29, 1.82) is 0 Å². The summed E-state index contributed by atoms with van der Waals surface area (Å²) in [5, 5.41) is 4.84. The van der Waals surface area contributed by atoms with E-state index < -0.39 is 0 Å². The Labute approximate surface area is 335 Å². The first-order valence-electron chi connectivity index (χ1n) is 19.4. The van der Waals surface area contributed by atoms with Crippen LogP contribution in [0.4, 0.5) is 17.1 Å². The average Bonchev–Trinajstić information content (AvgIpc) is 3.74. The van der Waals surface area contributed by atoms with Gasteiger partial charge < -0.3 is 9.32 Å². The maximum Gasteiger partial charge on any atom is 0.227 e. The van der Waals surface area contributed by atoms with E-state index in [1.165, 1.54) is 32.7 Å². The molecular weight excluding hydrogens is 709 g/mol. The van der Waals surface area contributed by atoms with Crippen LogP contribution in [0.5, 0.6) is 0 Å². The van der Waals surface area contributed by atoms with Crippen molar-refractivity contribution in [2.75, 3.05) is 4.90 Å². The Morgan fingerprint density at radius 1 is 0.397 bits per heavy atom. The van der Waals surface area contributed by atoms with E-state index in [9.17, 15) is 0 Å². The van der Waals surface area contributed by atoms with Crippen LogP contribution in [0, 0.1) is 0 Å². The molecule has 5 nitrogen and oxygen atoms in total. The normalized spacial score (nSPS) is 11.4. The minimum atomic E-state index is 0.601. The summed E-state index contributed by atoms with van der Waals surface area (Å²) in [7, 11) is 0. The molecule has 0 spiro atoms. The third kappa shape index (κ3) is 6.03. The summed E-state index contributed by atoms with van der Waals surface area (Å²) in [5.74, 6) is 0.601. The third-order valence-electron chi connectivity index (χ3n) is 10.9. The van der Waals surface area contributed by atoms with Crippen LogP contribution < -0.4 is 4.90 Å². The molecule has 0 fully saturated rings. The zero-order chi connectivity index (χ0) is 38.4. The average molecular weight is 743 g/mol. The molecule has 272 valence electrons. The topological polar surface area (TPSA) is 55.1 Å². The first kappa shape index (κ1) is 33.4. The molecule has 11 aromatic rings. The van der Waals surface area contributed by atoms with E-state index in [4.69, 9.17) is 19.4 Å². The first-order valence-corrected chi connectivity index (χ1v) is 19.4. The van der Waals surface area contributed by atoms with Gasteiger partial charge in [0.05, 0.1) is 16.7 Å². The summed E-state index contributed by atoms with van der Waals surface area (Å²) in [4.78, 5) is 16.8. The first-order chi connectivity index (χ1) is 28.7. The van der Waals surface area contributed by atoms with Crippen LogP contribution in [-0.2, 0) is 0 Å². The van der Waals surface area contributed by atoms with Gasteiger partial charge in [-0.05, 0) is 123 Å². The molecule has 58 heavy (non-hydrogen) atoms. The van der Waals surface area contributed by atoms with Crippen molar-refractivity contribution in [2.45, 2.75) is 0 Å². The highest BCUT2D eigenvalue weighted by molar-refractivity contribution is 6.09. The van der Waals surface area contributed by atoms with Gasteiger partial charge >= 0.3 is 0 Å². The van der Waals surface area contributed by atoms with Crippen molar-refractivity contribution >= 4 is 60.7 Å². The Morgan fingerprint density at radius 3 is 1.74 bits per heavy atom. The zero-order valence-electron chi connectivity index (χ0n) is 31.3. The fraction of sp³-hybridized carbons (Fsp3) is 0. The molecule has 8 aromatic carbocycles. The van der Waals surface area contributed by atoms with Crippen LogP contribution in [0.25, 0.3) is 88.6 Å². The van der Waals surface area contributed by atoms with Crippen LogP contribution in [0.15, 0.2) is 211 Å². The molecule has 0 unspecified atom stereocenters. The van der Waals surface area contributed by atoms with Crippen molar-refractivity contribution in [3.63, 3.8) is 0 Å². The number of fused-ring (bicyclic) bond motifs is 5. The van der Waals surface area contributed by atoms with Gasteiger partial charge in [-0.15, -0.1) is 0 Å². The lowest BCUT2D eigenvalue weighted by Crippen LogP contribution is -2.10. The summed E-state index contributed by atoms with van der Waals surface area (Å²) in [6.45, 7) is 0. The van der Waals surface area contributed by atoms with Gasteiger partial charge in [-0.1, -0.05) is 115 Å². The fourth-order valence-corrected chi connectivity index (χ4v) is 8.03. The van der Waals surface area contributed by atoms with E-state index in [1.807, 2.05) is 48.7 Å². The zero-order valence-corrected chi connectivity index (χ0v) is 31.3. The van der Waals surface area contributed by atoms with E-state index >= 15 is 0 Å². The fourth-order valence-electron chi connectivity index (χ4n) is 8.03. The molecular formula is C53H34N4O. The van der Waals surface area contributed by atoms with Crippen LogP contribution in [0.3, 0.4) is 0 Å². The quantitative estimate of drug-likeness (QED) is 0.152. The van der Waals surface area contributed by atoms with Gasteiger partial charge in [0.15, 0.2) is 5.58 Å². The number of nitrogens with zero attached hydrogens (tertiary/aromatic N) is 4. The van der Waals surface area contributed by atoms with Crippen LogP contribution >= 0.6 is 0 Å². The van der Waals surface area contributed by atoms with Crippen molar-refractivity contribution < 1.29 is 4.42 Å². The molecule has 3 aromatic heterocycles. The lowest BCUT2D eigenvalue weighted by Gasteiger charge is -2.26. The van der Waals surface area contributed by atoms with Gasteiger partial charge in [-0.25, -0.2) is 9.97 Å². The lowest BCUT2D eigenvalue weighted by molar-refractivity contribution is 0.620. The number of hydrogen-bond acceptors (Lipinski definition) is 5. The third-order valence-corrected chi connectivity index (χ3v) is 10.9. The van der Waals surface area contributed by atoms with E-state index in [0.29, 0.717) is 5.89 Å². The van der Waals surface area contributed by atoms with Crippen molar-refractivity contribution in [2.24, 2.45) is 0 Å². The molecule has 5 heteroatoms. The molecule has 3 heterocycles. The summed E-state index contributed by atoms with van der Waals surface area (Å²) in [6, 6.07) is 70.0. The SMILES string of the molecule is c1ccc(-c2ccc3c(ccc4cc(N(c5ccc(-c6cc(-c7ccccc7)c7ncccc7n6)cc5)c5ccc(-c6nc7ccccc7o6)cc5)ccc43)c2)cc1. The van der Waals surface area contributed by atoms with Crippen LogP contribution in [-0.4, -0.2) is 15.0 Å². The summed E-state index contributed by atoms with van der Waals surface area (Å²) < 4.78 is 6.12. The molecule has 0 N–H and O–H groups in total. The molecule has 11 rings (SSSR count). The molecule has 0 aliphatic heterocycles. The Morgan fingerprint density at radius 2 is 1.00 bits per heavy atom. The van der Waals surface area contributed by atoms with Crippen molar-refractivity contribution in [3.8, 4) is 45.0 Å². The maximum absolute atomic E-state index is 6.12. The smallest absolute Gasteiger partial charge is 0.227 e. The van der Waals surface area contributed by atoms with Crippen molar-refractivity contribution in [1.82, 2.24) is 15.0 Å². The Bertz CT molecular complexity index is 3230. The van der Waals surface area contributed by atoms with E-state index in [2.05, 4.69) is 163 Å². The van der Waals surface area contributed by atoms with E-state index in [0.717, 1.165) is 67.1 Å².